The highest BCUT2D eigenvalue weighted by molar-refractivity contribution is 7.21. The van der Waals surface area contributed by atoms with Gasteiger partial charge in [0.05, 0.1) is 27.6 Å². The normalized spacial score (nSPS) is 24.7. The SMILES string of the molecule is CC1CCC(C(=O)Oc2ccc(OC(=O)C3CCC(C)CC3)c(-c3nc4ccccc4s3)c2)CC1. The predicted molar refractivity (Wildman–Crippen MR) is 139 cm³/mol. The molecule has 1 aromatic heterocycles. The Bertz CT molecular complexity index is 1170. The van der Waals surface area contributed by atoms with Gasteiger partial charge in [-0.25, -0.2) is 4.98 Å². The number of ether oxygens (including phenoxy) is 2. The fourth-order valence-electron chi connectivity index (χ4n) is 5.20. The number of fused-ring (bicyclic) bond motifs is 1. The average molecular weight is 492 g/mol. The van der Waals surface area contributed by atoms with E-state index in [9.17, 15) is 9.59 Å². The van der Waals surface area contributed by atoms with Crippen LogP contribution in [0.5, 0.6) is 11.5 Å². The molecule has 2 aliphatic carbocycles. The van der Waals surface area contributed by atoms with Crippen molar-refractivity contribution in [1.82, 2.24) is 4.98 Å². The molecule has 6 heteroatoms. The van der Waals surface area contributed by atoms with Crippen LogP contribution in [0.1, 0.15) is 65.2 Å². The van der Waals surface area contributed by atoms with E-state index in [0.717, 1.165) is 66.6 Å². The number of carbonyl (C=O) groups excluding carboxylic acids is 2. The van der Waals surface area contributed by atoms with Gasteiger partial charge < -0.3 is 9.47 Å². The van der Waals surface area contributed by atoms with Gasteiger partial charge in [0.25, 0.3) is 0 Å². The number of esters is 2. The van der Waals surface area contributed by atoms with E-state index in [0.29, 0.717) is 28.9 Å². The third kappa shape index (κ3) is 5.58. The van der Waals surface area contributed by atoms with Crippen LogP contribution in [0.25, 0.3) is 20.8 Å². The molecule has 0 aliphatic heterocycles. The number of para-hydroxylation sites is 1. The van der Waals surface area contributed by atoms with Gasteiger partial charge in [-0.15, -0.1) is 11.3 Å². The Kier molecular flexibility index (Phi) is 7.19. The van der Waals surface area contributed by atoms with Crippen molar-refractivity contribution in [3.8, 4) is 22.1 Å². The van der Waals surface area contributed by atoms with Gasteiger partial charge in [-0.05, 0) is 93.5 Å². The van der Waals surface area contributed by atoms with Gasteiger partial charge in [-0.2, -0.15) is 0 Å². The summed E-state index contributed by atoms with van der Waals surface area (Å²) < 4.78 is 12.8. The Hall–Kier alpha value is -2.73. The molecular weight excluding hydrogens is 458 g/mol. The second-order valence-electron chi connectivity index (χ2n) is 10.4. The summed E-state index contributed by atoms with van der Waals surface area (Å²) in [6, 6.07) is 13.2. The minimum absolute atomic E-state index is 0.0525. The minimum atomic E-state index is -0.180. The molecule has 0 radical (unpaired) electrons. The number of rotatable bonds is 5. The van der Waals surface area contributed by atoms with Crippen LogP contribution < -0.4 is 9.47 Å². The first-order valence-electron chi connectivity index (χ1n) is 12.9. The quantitative estimate of drug-likeness (QED) is 0.274. The number of hydrogen-bond acceptors (Lipinski definition) is 6. The summed E-state index contributed by atoms with van der Waals surface area (Å²) in [5, 5.41) is 0.746. The Balaban J connectivity index is 1.41. The standard InChI is InChI=1S/C29H33NO4S/c1-18-7-11-20(12-8-18)28(31)33-22-15-16-25(34-29(32)21-13-9-19(2)10-14-21)23(17-22)27-30-24-5-3-4-6-26(24)35-27/h3-6,15-21H,7-14H2,1-2H3. The molecule has 5 nitrogen and oxygen atoms in total. The lowest BCUT2D eigenvalue weighted by Crippen LogP contribution is -2.25. The van der Waals surface area contributed by atoms with E-state index < -0.39 is 0 Å². The molecular formula is C29H33NO4S. The Labute approximate surface area is 210 Å². The molecule has 0 bridgehead atoms. The first kappa shape index (κ1) is 24.0. The number of carbonyl (C=O) groups is 2. The number of aromatic nitrogens is 1. The van der Waals surface area contributed by atoms with E-state index in [4.69, 9.17) is 14.5 Å². The first-order valence-corrected chi connectivity index (χ1v) is 13.7. The van der Waals surface area contributed by atoms with E-state index in [-0.39, 0.29) is 23.8 Å². The van der Waals surface area contributed by atoms with Gasteiger partial charge in [0.1, 0.15) is 16.5 Å². The largest absolute Gasteiger partial charge is 0.426 e. The summed E-state index contributed by atoms with van der Waals surface area (Å²) >= 11 is 1.54. The zero-order valence-corrected chi connectivity index (χ0v) is 21.3. The highest BCUT2D eigenvalue weighted by Gasteiger charge is 2.28. The number of thiazole rings is 1. The van der Waals surface area contributed by atoms with Gasteiger partial charge in [0.15, 0.2) is 0 Å². The lowest BCUT2D eigenvalue weighted by Gasteiger charge is -2.25. The maximum absolute atomic E-state index is 13.0. The second-order valence-corrected chi connectivity index (χ2v) is 11.4. The van der Waals surface area contributed by atoms with Crippen molar-refractivity contribution in [2.24, 2.45) is 23.7 Å². The summed E-state index contributed by atoms with van der Waals surface area (Å²) in [5.74, 6) is 1.80. The molecule has 2 saturated carbocycles. The average Bonchev–Trinajstić information content (AvgIpc) is 3.30. The molecule has 184 valence electrons. The fraction of sp³-hybridized carbons (Fsp3) is 0.483. The van der Waals surface area contributed by atoms with Gasteiger partial charge in [0, 0.05) is 0 Å². The van der Waals surface area contributed by atoms with Gasteiger partial charge in [-0.3, -0.25) is 9.59 Å². The van der Waals surface area contributed by atoms with Gasteiger partial charge >= 0.3 is 11.9 Å². The van der Waals surface area contributed by atoms with Crippen molar-refractivity contribution < 1.29 is 19.1 Å². The predicted octanol–water partition coefficient (Wildman–Crippen LogP) is 7.43. The number of hydrogen-bond donors (Lipinski definition) is 0. The Morgan fingerprint density at radius 1 is 0.800 bits per heavy atom. The highest BCUT2D eigenvalue weighted by Crippen LogP contribution is 2.40. The lowest BCUT2D eigenvalue weighted by molar-refractivity contribution is -0.141. The van der Waals surface area contributed by atoms with Crippen molar-refractivity contribution in [2.75, 3.05) is 0 Å². The number of nitrogens with zero attached hydrogens (tertiary/aromatic N) is 1. The third-order valence-electron chi connectivity index (χ3n) is 7.60. The molecule has 3 aromatic rings. The Morgan fingerprint density at radius 2 is 1.40 bits per heavy atom. The smallest absolute Gasteiger partial charge is 0.314 e. The van der Waals surface area contributed by atoms with Crippen molar-refractivity contribution in [2.45, 2.75) is 65.2 Å². The second kappa shape index (κ2) is 10.5. The summed E-state index contributed by atoms with van der Waals surface area (Å²) in [6.45, 7) is 4.47. The van der Waals surface area contributed by atoms with Gasteiger partial charge in [0.2, 0.25) is 0 Å². The van der Waals surface area contributed by atoms with Crippen LogP contribution >= 0.6 is 11.3 Å². The molecule has 2 aliphatic rings. The summed E-state index contributed by atoms with van der Waals surface area (Å²) in [5.41, 5.74) is 1.58. The molecule has 1 heterocycles. The molecule has 0 unspecified atom stereocenters. The molecule has 0 saturated heterocycles. The van der Waals surface area contributed by atoms with E-state index >= 15 is 0 Å². The number of benzene rings is 2. The van der Waals surface area contributed by atoms with Crippen molar-refractivity contribution in [3.05, 3.63) is 42.5 Å². The zero-order valence-electron chi connectivity index (χ0n) is 20.5. The molecule has 2 fully saturated rings. The summed E-state index contributed by atoms with van der Waals surface area (Å²) in [6.07, 6.45) is 7.72. The summed E-state index contributed by atoms with van der Waals surface area (Å²) in [7, 11) is 0. The first-order chi connectivity index (χ1) is 17.0. The molecule has 0 N–H and O–H groups in total. The third-order valence-corrected chi connectivity index (χ3v) is 8.67. The minimum Gasteiger partial charge on any atom is -0.426 e. The van der Waals surface area contributed by atoms with Crippen LogP contribution in [0.15, 0.2) is 42.5 Å². The Morgan fingerprint density at radius 3 is 2.03 bits per heavy atom. The van der Waals surface area contributed by atoms with E-state index in [1.54, 1.807) is 29.5 Å². The molecule has 35 heavy (non-hydrogen) atoms. The van der Waals surface area contributed by atoms with Crippen LogP contribution in [0.2, 0.25) is 0 Å². The molecule has 2 aromatic carbocycles. The van der Waals surface area contributed by atoms with Crippen molar-refractivity contribution >= 4 is 33.5 Å². The van der Waals surface area contributed by atoms with Crippen LogP contribution in [0.3, 0.4) is 0 Å². The van der Waals surface area contributed by atoms with Crippen molar-refractivity contribution in [3.63, 3.8) is 0 Å². The monoisotopic (exact) mass is 491 g/mol. The molecule has 0 spiro atoms. The van der Waals surface area contributed by atoms with E-state index in [2.05, 4.69) is 13.8 Å². The lowest BCUT2D eigenvalue weighted by atomic mass is 9.83. The van der Waals surface area contributed by atoms with Gasteiger partial charge in [-0.1, -0.05) is 26.0 Å². The summed E-state index contributed by atoms with van der Waals surface area (Å²) in [4.78, 5) is 30.6. The zero-order chi connectivity index (χ0) is 24.4. The van der Waals surface area contributed by atoms with Crippen LogP contribution in [-0.4, -0.2) is 16.9 Å². The molecule has 0 amide bonds. The van der Waals surface area contributed by atoms with Crippen LogP contribution in [-0.2, 0) is 9.59 Å². The maximum atomic E-state index is 13.0. The van der Waals surface area contributed by atoms with Crippen LogP contribution in [0, 0.1) is 23.7 Å². The maximum Gasteiger partial charge on any atom is 0.314 e. The van der Waals surface area contributed by atoms with E-state index in [1.807, 2.05) is 24.3 Å². The molecule has 5 rings (SSSR count). The highest BCUT2D eigenvalue weighted by atomic mass is 32.1. The van der Waals surface area contributed by atoms with Crippen LogP contribution in [0.4, 0.5) is 0 Å². The van der Waals surface area contributed by atoms with E-state index in [1.165, 1.54) is 0 Å². The van der Waals surface area contributed by atoms with Crippen molar-refractivity contribution in [1.29, 1.82) is 0 Å². The molecule has 0 atom stereocenters. The fourth-order valence-corrected chi connectivity index (χ4v) is 6.19. The topological polar surface area (TPSA) is 65.5 Å².